The number of piperidine rings is 1. The molecule has 0 radical (unpaired) electrons. The van der Waals surface area contributed by atoms with Crippen LogP contribution in [0.15, 0.2) is 36.5 Å². The van der Waals surface area contributed by atoms with E-state index >= 15 is 0 Å². The maximum Gasteiger partial charge on any atom is 0.276 e. The van der Waals surface area contributed by atoms with Gasteiger partial charge in [0.15, 0.2) is 5.69 Å². The summed E-state index contributed by atoms with van der Waals surface area (Å²) in [6.07, 6.45) is 3.65. The molecule has 1 fully saturated rings. The molecule has 0 bridgehead atoms. The van der Waals surface area contributed by atoms with Gasteiger partial charge in [-0.05, 0) is 38.1 Å². The summed E-state index contributed by atoms with van der Waals surface area (Å²) in [6, 6.07) is 9.94. The summed E-state index contributed by atoms with van der Waals surface area (Å²) < 4.78 is 1.63. The third-order valence-corrected chi connectivity index (χ3v) is 3.91. The summed E-state index contributed by atoms with van der Waals surface area (Å²) in [5.74, 6) is -0.0657. The zero-order valence-electron chi connectivity index (χ0n) is 12.5. The Bertz CT molecular complexity index is 609. The van der Waals surface area contributed by atoms with Crippen molar-refractivity contribution >= 4 is 18.3 Å². The van der Waals surface area contributed by atoms with E-state index in [1.807, 2.05) is 37.4 Å². The minimum atomic E-state index is -0.0657. The Morgan fingerprint density at radius 2 is 1.95 bits per heavy atom. The van der Waals surface area contributed by atoms with Crippen LogP contribution < -0.4 is 5.32 Å². The number of nitrogens with zero attached hydrogens (tertiary/aromatic N) is 4. The molecule has 1 saturated heterocycles. The molecule has 0 atom stereocenters. The highest BCUT2D eigenvalue weighted by Crippen LogP contribution is 2.13. The van der Waals surface area contributed by atoms with E-state index in [1.165, 1.54) is 0 Å². The Morgan fingerprint density at radius 1 is 1.27 bits per heavy atom. The zero-order chi connectivity index (χ0) is 14.7. The lowest BCUT2D eigenvalue weighted by Gasteiger charge is -2.31. The molecule has 1 aromatic heterocycles. The minimum Gasteiger partial charge on any atom is -0.337 e. The normalized spacial score (nSPS) is 15.1. The molecule has 1 aliphatic rings. The van der Waals surface area contributed by atoms with Crippen molar-refractivity contribution in [1.82, 2.24) is 25.2 Å². The van der Waals surface area contributed by atoms with Crippen LogP contribution in [0.1, 0.15) is 23.3 Å². The molecule has 1 aliphatic heterocycles. The first-order valence-electron chi connectivity index (χ1n) is 7.21. The van der Waals surface area contributed by atoms with Crippen LogP contribution in [0.4, 0.5) is 0 Å². The van der Waals surface area contributed by atoms with E-state index in [0.717, 1.165) is 31.6 Å². The molecular weight excluding hydrogens is 302 g/mol. The summed E-state index contributed by atoms with van der Waals surface area (Å²) in [4.78, 5) is 14.3. The van der Waals surface area contributed by atoms with Crippen molar-refractivity contribution < 1.29 is 4.79 Å². The van der Waals surface area contributed by atoms with Crippen molar-refractivity contribution in [3.63, 3.8) is 0 Å². The van der Waals surface area contributed by atoms with Gasteiger partial charge in [-0.15, -0.1) is 17.5 Å². The number of para-hydroxylation sites is 1. The summed E-state index contributed by atoms with van der Waals surface area (Å²) in [7, 11) is 1.85. The van der Waals surface area contributed by atoms with Gasteiger partial charge in [-0.25, -0.2) is 4.68 Å². The standard InChI is InChI=1S/C15H19N5O.ClH/c1-19(12-7-9-16-10-8-12)15(21)14-11-20(18-17-14)13-5-3-2-4-6-13;/h2-6,11-12,16H,7-10H2,1H3;1H. The van der Waals surface area contributed by atoms with Crippen LogP contribution in [-0.2, 0) is 0 Å². The molecule has 2 aromatic rings. The second-order valence-electron chi connectivity index (χ2n) is 5.28. The molecule has 2 heterocycles. The second-order valence-corrected chi connectivity index (χ2v) is 5.28. The fraction of sp³-hybridized carbons (Fsp3) is 0.400. The molecule has 6 nitrogen and oxygen atoms in total. The maximum absolute atomic E-state index is 12.5. The number of rotatable bonds is 3. The van der Waals surface area contributed by atoms with Crippen LogP contribution in [0.3, 0.4) is 0 Å². The fourth-order valence-electron chi connectivity index (χ4n) is 2.61. The number of hydrogen-bond donors (Lipinski definition) is 1. The average molecular weight is 322 g/mol. The van der Waals surface area contributed by atoms with Crippen molar-refractivity contribution in [2.24, 2.45) is 0 Å². The summed E-state index contributed by atoms with van der Waals surface area (Å²) >= 11 is 0. The van der Waals surface area contributed by atoms with Gasteiger partial charge in [-0.3, -0.25) is 4.79 Å². The lowest BCUT2D eigenvalue weighted by Crippen LogP contribution is -2.44. The Morgan fingerprint density at radius 3 is 2.64 bits per heavy atom. The third kappa shape index (κ3) is 3.45. The van der Waals surface area contributed by atoms with Gasteiger partial charge in [-0.2, -0.15) is 0 Å². The highest BCUT2D eigenvalue weighted by Gasteiger charge is 2.24. The van der Waals surface area contributed by atoms with Gasteiger partial charge in [0.2, 0.25) is 0 Å². The molecule has 22 heavy (non-hydrogen) atoms. The number of halogens is 1. The van der Waals surface area contributed by atoms with E-state index in [0.29, 0.717) is 5.69 Å². The smallest absolute Gasteiger partial charge is 0.276 e. The van der Waals surface area contributed by atoms with E-state index < -0.39 is 0 Å². The van der Waals surface area contributed by atoms with Gasteiger partial charge >= 0.3 is 0 Å². The molecule has 1 N–H and O–H groups in total. The fourth-order valence-corrected chi connectivity index (χ4v) is 2.61. The summed E-state index contributed by atoms with van der Waals surface area (Å²) in [5.41, 5.74) is 1.29. The van der Waals surface area contributed by atoms with Crippen LogP contribution in [0.25, 0.3) is 5.69 Å². The molecule has 0 spiro atoms. The van der Waals surface area contributed by atoms with Gasteiger partial charge in [0, 0.05) is 13.1 Å². The predicted molar refractivity (Wildman–Crippen MR) is 86.6 cm³/mol. The van der Waals surface area contributed by atoms with Gasteiger partial charge < -0.3 is 10.2 Å². The van der Waals surface area contributed by atoms with Crippen molar-refractivity contribution in [3.05, 3.63) is 42.2 Å². The lowest BCUT2D eigenvalue weighted by atomic mass is 10.1. The summed E-state index contributed by atoms with van der Waals surface area (Å²) in [5, 5.41) is 11.4. The molecule has 118 valence electrons. The molecule has 0 aliphatic carbocycles. The second kappa shape index (κ2) is 7.38. The Hall–Kier alpha value is -1.92. The van der Waals surface area contributed by atoms with Crippen molar-refractivity contribution in [2.75, 3.05) is 20.1 Å². The lowest BCUT2D eigenvalue weighted by molar-refractivity contribution is 0.0697. The summed E-state index contributed by atoms with van der Waals surface area (Å²) in [6.45, 7) is 1.91. The first-order valence-corrected chi connectivity index (χ1v) is 7.21. The minimum absolute atomic E-state index is 0. The predicted octanol–water partition coefficient (Wildman–Crippen LogP) is 1.51. The van der Waals surface area contributed by atoms with Gasteiger partial charge in [0.25, 0.3) is 5.91 Å². The van der Waals surface area contributed by atoms with Crippen molar-refractivity contribution in [1.29, 1.82) is 0 Å². The first-order chi connectivity index (χ1) is 10.3. The molecule has 0 saturated carbocycles. The Balaban J connectivity index is 0.00000176. The first kappa shape index (κ1) is 16.5. The molecule has 0 unspecified atom stereocenters. The molecule has 3 rings (SSSR count). The largest absolute Gasteiger partial charge is 0.337 e. The quantitative estimate of drug-likeness (QED) is 0.931. The number of aromatic nitrogens is 3. The number of hydrogen-bond acceptors (Lipinski definition) is 4. The zero-order valence-corrected chi connectivity index (χ0v) is 13.3. The van der Waals surface area contributed by atoms with Crippen LogP contribution in [0.2, 0.25) is 0 Å². The van der Waals surface area contributed by atoms with E-state index in [4.69, 9.17) is 0 Å². The molecule has 1 aromatic carbocycles. The van der Waals surface area contributed by atoms with Crippen LogP contribution in [-0.4, -0.2) is 52.0 Å². The highest BCUT2D eigenvalue weighted by atomic mass is 35.5. The maximum atomic E-state index is 12.5. The number of carbonyl (C=O) groups excluding carboxylic acids is 1. The Labute approximate surface area is 135 Å². The number of benzene rings is 1. The van der Waals surface area contributed by atoms with E-state index in [-0.39, 0.29) is 24.4 Å². The van der Waals surface area contributed by atoms with E-state index in [2.05, 4.69) is 15.6 Å². The van der Waals surface area contributed by atoms with Gasteiger partial charge in [0.1, 0.15) is 0 Å². The molecule has 7 heteroatoms. The van der Waals surface area contributed by atoms with Crippen LogP contribution in [0.5, 0.6) is 0 Å². The number of amides is 1. The number of nitrogens with one attached hydrogen (secondary N) is 1. The Kier molecular flexibility index (Phi) is 5.51. The van der Waals surface area contributed by atoms with E-state index in [1.54, 1.807) is 15.8 Å². The van der Waals surface area contributed by atoms with Gasteiger partial charge in [-0.1, -0.05) is 23.4 Å². The average Bonchev–Trinajstić information content (AvgIpc) is 3.05. The van der Waals surface area contributed by atoms with Crippen LogP contribution in [0, 0.1) is 0 Å². The van der Waals surface area contributed by atoms with Crippen molar-refractivity contribution in [3.8, 4) is 5.69 Å². The molecular formula is C15H20ClN5O. The SMILES string of the molecule is CN(C(=O)c1cn(-c2ccccc2)nn1)C1CCNCC1.Cl. The highest BCUT2D eigenvalue weighted by molar-refractivity contribution is 5.92. The topological polar surface area (TPSA) is 63.1 Å². The monoisotopic (exact) mass is 321 g/mol. The number of carbonyl (C=O) groups is 1. The third-order valence-electron chi connectivity index (χ3n) is 3.91. The van der Waals surface area contributed by atoms with Crippen molar-refractivity contribution in [2.45, 2.75) is 18.9 Å². The van der Waals surface area contributed by atoms with Gasteiger partial charge in [0.05, 0.1) is 11.9 Å². The van der Waals surface area contributed by atoms with Crippen LogP contribution >= 0.6 is 12.4 Å². The molecule has 1 amide bonds. The van der Waals surface area contributed by atoms with E-state index in [9.17, 15) is 4.79 Å².